The first kappa shape index (κ1) is 22.4. The van der Waals surface area contributed by atoms with Crippen LogP contribution in [0.3, 0.4) is 0 Å². The van der Waals surface area contributed by atoms with Crippen molar-refractivity contribution in [2.45, 2.75) is 41.5 Å². The highest BCUT2D eigenvalue weighted by Crippen LogP contribution is 2.35. The number of aromatic nitrogens is 1. The maximum Gasteiger partial charge on any atom is 0.0518 e. The number of aryl methyl sites for hydroxylation is 2. The van der Waals surface area contributed by atoms with Crippen molar-refractivity contribution in [3.05, 3.63) is 70.6 Å². The van der Waals surface area contributed by atoms with Crippen molar-refractivity contribution >= 4 is 56.5 Å². The molecule has 4 heteroatoms. The lowest BCUT2D eigenvalue weighted by atomic mass is 9.91. The molecule has 0 atom stereocenters. The van der Waals surface area contributed by atoms with E-state index >= 15 is 0 Å². The van der Waals surface area contributed by atoms with Gasteiger partial charge in [-0.2, -0.15) is 0 Å². The molecule has 0 spiro atoms. The summed E-state index contributed by atoms with van der Waals surface area (Å²) in [6, 6.07) is 6.89. The van der Waals surface area contributed by atoms with E-state index in [-0.39, 0.29) is 0 Å². The Balaban J connectivity index is 2.89. The minimum absolute atomic E-state index is 1.04. The minimum Gasteiger partial charge on any atom is -0.348 e. The summed E-state index contributed by atoms with van der Waals surface area (Å²) in [7, 11) is 4.00. The molecule has 0 fully saturated rings. The topological polar surface area (TPSA) is 17.3 Å². The highest BCUT2D eigenvalue weighted by molar-refractivity contribution is 14.1. The molecule has 1 aromatic carbocycles. The standard InChI is InChI=1S/C23H28I2N2/c1-13(9-15(3)26-7)17(5)22(23-14(2)10-16(4)27(23)8)19-11-20(24)18(6)21(25)12-19/h9-12H,1-8H3/b13-9-,22-17+,26-15+. The fourth-order valence-electron chi connectivity index (χ4n) is 3.29. The molecule has 0 aliphatic carbocycles. The lowest BCUT2D eigenvalue weighted by Crippen LogP contribution is -2.05. The number of benzene rings is 1. The summed E-state index contributed by atoms with van der Waals surface area (Å²) in [5.74, 6) is 0. The van der Waals surface area contributed by atoms with Gasteiger partial charge in [0.1, 0.15) is 0 Å². The van der Waals surface area contributed by atoms with Crippen molar-refractivity contribution in [3.63, 3.8) is 0 Å². The molecule has 27 heavy (non-hydrogen) atoms. The Kier molecular flexibility index (Phi) is 7.53. The Labute approximate surface area is 191 Å². The molecule has 1 heterocycles. The third-order valence-corrected chi connectivity index (χ3v) is 7.46. The number of hydrogen-bond donors (Lipinski definition) is 0. The van der Waals surface area contributed by atoms with Gasteiger partial charge in [0.15, 0.2) is 0 Å². The van der Waals surface area contributed by atoms with Crippen molar-refractivity contribution in [3.8, 4) is 0 Å². The molecule has 2 aromatic rings. The zero-order valence-corrected chi connectivity index (χ0v) is 21.8. The highest BCUT2D eigenvalue weighted by Gasteiger charge is 2.19. The van der Waals surface area contributed by atoms with Gasteiger partial charge in [-0.25, -0.2) is 0 Å². The number of rotatable bonds is 4. The van der Waals surface area contributed by atoms with E-state index in [4.69, 9.17) is 0 Å². The van der Waals surface area contributed by atoms with E-state index in [9.17, 15) is 0 Å². The van der Waals surface area contributed by atoms with Crippen LogP contribution in [0.25, 0.3) is 5.57 Å². The Morgan fingerprint density at radius 2 is 1.56 bits per heavy atom. The number of allylic oxidation sites excluding steroid dienone is 3. The molecule has 0 amide bonds. The van der Waals surface area contributed by atoms with E-state index in [1.165, 1.54) is 51.9 Å². The molecule has 2 rings (SSSR count). The Morgan fingerprint density at radius 1 is 1.00 bits per heavy atom. The summed E-state index contributed by atoms with van der Waals surface area (Å²) in [6.07, 6.45) is 2.17. The number of halogens is 2. The molecule has 0 aliphatic heterocycles. The molecule has 0 bridgehead atoms. The van der Waals surface area contributed by atoms with Crippen LogP contribution in [0.15, 0.2) is 40.4 Å². The van der Waals surface area contributed by atoms with Crippen LogP contribution >= 0.6 is 45.2 Å². The van der Waals surface area contributed by atoms with Gasteiger partial charge in [0.25, 0.3) is 0 Å². The first-order valence-electron chi connectivity index (χ1n) is 9.00. The quantitative estimate of drug-likeness (QED) is 0.208. The fourth-order valence-corrected chi connectivity index (χ4v) is 5.06. The maximum atomic E-state index is 4.30. The summed E-state index contributed by atoms with van der Waals surface area (Å²) in [5.41, 5.74) is 11.4. The van der Waals surface area contributed by atoms with Crippen LogP contribution in [0.2, 0.25) is 0 Å². The summed E-state index contributed by atoms with van der Waals surface area (Å²) >= 11 is 4.90. The van der Waals surface area contributed by atoms with E-state index in [1.807, 2.05) is 14.0 Å². The van der Waals surface area contributed by atoms with Crippen LogP contribution in [0, 0.1) is 27.9 Å². The first-order valence-corrected chi connectivity index (χ1v) is 11.2. The molecule has 0 radical (unpaired) electrons. The van der Waals surface area contributed by atoms with Crippen LogP contribution in [0.4, 0.5) is 0 Å². The molecule has 1 aromatic heterocycles. The average Bonchev–Trinajstić information content (AvgIpc) is 2.85. The van der Waals surface area contributed by atoms with Gasteiger partial charge in [0.05, 0.1) is 5.69 Å². The van der Waals surface area contributed by atoms with Gasteiger partial charge >= 0.3 is 0 Å². The van der Waals surface area contributed by atoms with Gasteiger partial charge in [-0.1, -0.05) is 0 Å². The second-order valence-corrected chi connectivity index (χ2v) is 9.46. The predicted octanol–water partition coefficient (Wildman–Crippen LogP) is 7.02. The van der Waals surface area contributed by atoms with Gasteiger partial charge in [0, 0.05) is 38.2 Å². The first-order chi connectivity index (χ1) is 12.6. The van der Waals surface area contributed by atoms with Crippen LogP contribution < -0.4 is 0 Å². The van der Waals surface area contributed by atoms with E-state index in [0.717, 1.165) is 5.71 Å². The molecule has 0 unspecified atom stereocenters. The molecule has 0 aliphatic rings. The molecular weight excluding hydrogens is 558 g/mol. The smallest absolute Gasteiger partial charge is 0.0518 e. The predicted molar refractivity (Wildman–Crippen MR) is 136 cm³/mol. The van der Waals surface area contributed by atoms with Crippen molar-refractivity contribution in [1.29, 1.82) is 0 Å². The van der Waals surface area contributed by atoms with Crippen LogP contribution in [-0.4, -0.2) is 17.3 Å². The third-order valence-electron chi connectivity index (χ3n) is 5.21. The normalized spacial score (nSPS) is 13.9. The molecular formula is C23H28I2N2. The van der Waals surface area contributed by atoms with E-state index in [0.29, 0.717) is 0 Å². The van der Waals surface area contributed by atoms with Gasteiger partial charge in [-0.15, -0.1) is 0 Å². The van der Waals surface area contributed by atoms with Crippen LogP contribution in [0.1, 0.15) is 48.8 Å². The molecule has 2 nitrogen and oxygen atoms in total. The Hall–Kier alpha value is -0.890. The lowest BCUT2D eigenvalue weighted by molar-refractivity contribution is 0.863. The maximum absolute atomic E-state index is 4.30. The summed E-state index contributed by atoms with van der Waals surface area (Å²) < 4.78 is 4.91. The van der Waals surface area contributed by atoms with Crippen molar-refractivity contribution in [2.24, 2.45) is 12.0 Å². The summed E-state index contributed by atoms with van der Waals surface area (Å²) in [4.78, 5) is 4.30. The summed E-state index contributed by atoms with van der Waals surface area (Å²) in [6.45, 7) is 13.0. The zero-order valence-electron chi connectivity index (χ0n) is 17.5. The average molecular weight is 586 g/mol. The number of aliphatic imine (C=N–C) groups is 1. The van der Waals surface area contributed by atoms with Crippen LogP contribution in [-0.2, 0) is 7.05 Å². The fraction of sp³-hybridized carbons (Fsp3) is 0.348. The van der Waals surface area contributed by atoms with Crippen molar-refractivity contribution in [2.75, 3.05) is 7.05 Å². The van der Waals surface area contributed by atoms with Gasteiger partial charge in [-0.3, -0.25) is 4.99 Å². The second kappa shape index (κ2) is 9.07. The third kappa shape index (κ3) is 4.75. The van der Waals surface area contributed by atoms with Crippen LogP contribution in [0.5, 0.6) is 0 Å². The van der Waals surface area contributed by atoms with Gasteiger partial charge < -0.3 is 4.57 Å². The largest absolute Gasteiger partial charge is 0.348 e. The van der Waals surface area contributed by atoms with E-state index in [2.05, 4.69) is 121 Å². The highest BCUT2D eigenvalue weighted by atomic mass is 127. The molecule has 0 saturated heterocycles. The molecule has 0 saturated carbocycles. The zero-order chi connectivity index (χ0) is 20.5. The SMILES string of the molecule is C/N=C(C)/C=C(C)\C(C)=C(/c1cc(I)c(C)c(I)c1)c1c(C)cc(C)n1C. The summed E-state index contributed by atoms with van der Waals surface area (Å²) in [5, 5.41) is 0. The second-order valence-electron chi connectivity index (χ2n) is 7.13. The minimum atomic E-state index is 1.04. The Morgan fingerprint density at radius 3 is 2.00 bits per heavy atom. The van der Waals surface area contributed by atoms with Gasteiger partial charge in [0.2, 0.25) is 0 Å². The van der Waals surface area contributed by atoms with E-state index in [1.54, 1.807) is 0 Å². The molecule has 0 N–H and O–H groups in total. The Bertz CT molecular complexity index is 949. The molecule has 144 valence electrons. The van der Waals surface area contributed by atoms with E-state index < -0.39 is 0 Å². The monoisotopic (exact) mass is 586 g/mol. The lowest BCUT2D eigenvalue weighted by Gasteiger charge is -2.18. The van der Waals surface area contributed by atoms with Crippen molar-refractivity contribution < 1.29 is 0 Å². The number of hydrogen-bond acceptors (Lipinski definition) is 1. The number of nitrogens with zero attached hydrogens (tertiary/aromatic N) is 2. The van der Waals surface area contributed by atoms with Crippen molar-refractivity contribution in [1.82, 2.24) is 4.57 Å². The van der Waals surface area contributed by atoms with Gasteiger partial charge in [-0.05, 0) is 139 Å².